The predicted octanol–water partition coefficient (Wildman–Crippen LogP) is -1.25. The molecule has 29 heavy (non-hydrogen) atoms. The van der Waals surface area contributed by atoms with Crippen LogP contribution in [0, 0.1) is 0 Å². The summed E-state index contributed by atoms with van der Waals surface area (Å²) in [6, 6.07) is 0. The van der Waals surface area contributed by atoms with Crippen molar-refractivity contribution < 1.29 is 20.4 Å². The van der Waals surface area contributed by atoms with E-state index in [1.54, 1.807) is 27.7 Å². The van der Waals surface area contributed by atoms with E-state index in [-0.39, 0.29) is 6.54 Å². The van der Waals surface area contributed by atoms with Gasteiger partial charge in [-0.3, -0.25) is 0 Å². The van der Waals surface area contributed by atoms with Gasteiger partial charge in [-0.25, -0.2) is 4.90 Å². The summed E-state index contributed by atoms with van der Waals surface area (Å²) in [6.45, 7) is 16.9. The van der Waals surface area contributed by atoms with Crippen molar-refractivity contribution in [3.05, 3.63) is 0 Å². The lowest BCUT2D eigenvalue weighted by Crippen LogP contribution is -2.82. The van der Waals surface area contributed by atoms with Crippen molar-refractivity contribution in [3.63, 3.8) is 0 Å². The van der Waals surface area contributed by atoms with E-state index in [4.69, 9.17) is 5.73 Å². The summed E-state index contributed by atoms with van der Waals surface area (Å²) in [4.78, 5) is 1.39. The lowest BCUT2D eigenvalue weighted by atomic mass is 9.67. The molecule has 0 atom stereocenters. The highest BCUT2D eigenvalue weighted by molar-refractivity contribution is 5.16. The minimum absolute atomic E-state index is 0.140. The predicted molar refractivity (Wildman–Crippen MR) is 117 cm³/mol. The number of rotatable bonds is 15. The average Bonchev–Trinajstić information content (AvgIpc) is 2.46. The highest BCUT2D eigenvalue weighted by Gasteiger charge is 2.63. The van der Waals surface area contributed by atoms with Gasteiger partial charge in [0.2, 0.25) is 0 Å². The van der Waals surface area contributed by atoms with Crippen LogP contribution in [0.2, 0.25) is 0 Å². The fourth-order valence-electron chi connectivity index (χ4n) is 4.39. The van der Waals surface area contributed by atoms with Crippen molar-refractivity contribution in [1.82, 2.24) is 20.9 Å². The Bertz CT molecular complexity index is 433. The van der Waals surface area contributed by atoms with Crippen LogP contribution in [-0.2, 0) is 0 Å². The zero-order chi connectivity index (χ0) is 23.1. The van der Waals surface area contributed by atoms with E-state index in [0.717, 1.165) is 19.6 Å². The highest BCUT2D eigenvalue weighted by Crippen LogP contribution is 2.44. The summed E-state index contributed by atoms with van der Waals surface area (Å²) < 4.78 is 0. The molecular formula is C20H47N5O4. The summed E-state index contributed by atoms with van der Waals surface area (Å²) in [7, 11) is 0. The molecule has 0 aliphatic rings. The van der Waals surface area contributed by atoms with Gasteiger partial charge in [0.05, 0.1) is 16.7 Å². The fourth-order valence-corrected chi connectivity index (χ4v) is 4.39. The van der Waals surface area contributed by atoms with E-state index < -0.39 is 28.2 Å². The Labute approximate surface area is 177 Å². The largest absolute Gasteiger partial charge is 0.388 e. The SMILES string of the molecule is CC(C)(O)N(C(C)(C)O)C(CNCCNCCNCCN)(C(C)(C)O)C(C)(C)O. The molecule has 0 amide bonds. The van der Waals surface area contributed by atoms with Crippen LogP contribution in [0.5, 0.6) is 0 Å². The van der Waals surface area contributed by atoms with E-state index in [0.29, 0.717) is 19.6 Å². The molecule has 0 aromatic carbocycles. The molecule has 0 spiro atoms. The first-order valence-corrected chi connectivity index (χ1v) is 10.4. The first-order valence-electron chi connectivity index (χ1n) is 10.4. The third kappa shape index (κ3) is 8.01. The van der Waals surface area contributed by atoms with Gasteiger partial charge < -0.3 is 42.1 Å². The molecule has 0 fully saturated rings. The minimum Gasteiger partial charge on any atom is -0.388 e. The Kier molecular flexibility index (Phi) is 10.7. The molecule has 0 rings (SSSR count). The highest BCUT2D eigenvalue weighted by atomic mass is 16.4. The number of hydrogen-bond donors (Lipinski definition) is 8. The van der Waals surface area contributed by atoms with Crippen molar-refractivity contribution in [3.8, 4) is 0 Å². The Hall–Kier alpha value is -0.360. The second-order valence-corrected chi connectivity index (χ2v) is 9.77. The van der Waals surface area contributed by atoms with Crippen molar-refractivity contribution >= 4 is 0 Å². The maximum atomic E-state index is 11.2. The second kappa shape index (κ2) is 10.8. The molecule has 0 aromatic rings. The summed E-state index contributed by atoms with van der Waals surface area (Å²) in [6.07, 6.45) is 0. The molecule has 0 aromatic heterocycles. The molecule has 0 heterocycles. The van der Waals surface area contributed by atoms with Gasteiger partial charge in [0.25, 0.3) is 0 Å². The molecule has 0 saturated carbocycles. The van der Waals surface area contributed by atoms with Gasteiger partial charge in [-0.15, -0.1) is 0 Å². The molecule has 0 bridgehead atoms. The molecule has 0 radical (unpaired) electrons. The number of nitrogens with two attached hydrogens (primary N) is 1. The third-order valence-corrected chi connectivity index (χ3v) is 5.16. The van der Waals surface area contributed by atoms with Crippen molar-refractivity contribution in [2.45, 2.75) is 83.6 Å². The van der Waals surface area contributed by atoms with Crippen molar-refractivity contribution in [2.75, 3.05) is 45.8 Å². The van der Waals surface area contributed by atoms with E-state index in [1.165, 1.54) is 32.6 Å². The van der Waals surface area contributed by atoms with Crippen LogP contribution in [0.15, 0.2) is 0 Å². The Balaban J connectivity index is 5.49. The van der Waals surface area contributed by atoms with Crippen LogP contribution >= 0.6 is 0 Å². The lowest BCUT2D eigenvalue weighted by molar-refractivity contribution is -0.312. The van der Waals surface area contributed by atoms with Crippen LogP contribution in [0.1, 0.15) is 55.4 Å². The molecule has 9 heteroatoms. The van der Waals surface area contributed by atoms with Gasteiger partial charge in [-0.2, -0.15) is 0 Å². The molecule has 0 aliphatic carbocycles. The summed E-state index contributed by atoms with van der Waals surface area (Å²) in [5.41, 5.74) is -1.98. The van der Waals surface area contributed by atoms with E-state index in [2.05, 4.69) is 16.0 Å². The maximum absolute atomic E-state index is 11.2. The zero-order valence-electron chi connectivity index (χ0n) is 19.8. The topological polar surface area (TPSA) is 146 Å². The van der Waals surface area contributed by atoms with E-state index in [9.17, 15) is 20.4 Å². The van der Waals surface area contributed by atoms with Gasteiger partial charge in [-0.05, 0) is 55.4 Å². The first kappa shape index (κ1) is 28.6. The quantitative estimate of drug-likeness (QED) is 0.120. The summed E-state index contributed by atoms with van der Waals surface area (Å²) >= 11 is 0. The van der Waals surface area contributed by atoms with Gasteiger partial charge in [0, 0.05) is 45.8 Å². The van der Waals surface area contributed by atoms with E-state index in [1.807, 2.05) is 0 Å². The van der Waals surface area contributed by atoms with Crippen LogP contribution in [0.4, 0.5) is 0 Å². The normalized spacial score (nSPS) is 14.7. The number of nitrogens with one attached hydrogen (secondary N) is 3. The van der Waals surface area contributed by atoms with Gasteiger partial charge in [0.1, 0.15) is 11.4 Å². The molecule has 9 N–H and O–H groups in total. The Morgan fingerprint density at radius 3 is 1.28 bits per heavy atom. The maximum Gasteiger partial charge on any atom is 0.115 e. The van der Waals surface area contributed by atoms with Crippen LogP contribution < -0.4 is 21.7 Å². The molecule has 0 saturated heterocycles. The van der Waals surface area contributed by atoms with Crippen molar-refractivity contribution in [1.29, 1.82) is 0 Å². The number of hydrogen-bond acceptors (Lipinski definition) is 9. The van der Waals surface area contributed by atoms with E-state index >= 15 is 0 Å². The summed E-state index contributed by atoms with van der Waals surface area (Å²) in [5, 5.41) is 54.0. The minimum atomic E-state index is -1.52. The molecule has 9 nitrogen and oxygen atoms in total. The molecule has 176 valence electrons. The molecule has 0 unspecified atom stereocenters. The summed E-state index contributed by atoms with van der Waals surface area (Å²) in [5.74, 6) is 0. The number of nitrogens with zero attached hydrogens (tertiary/aromatic N) is 1. The molecular weight excluding hydrogens is 374 g/mol. The van der Waals surface area contributed by atoms with Crippen molar-refractivity contribution in [2.24, 2.45) is 5.73 Å². The first-order chi connectivity index (χ1) is 12.9. The monoisotopic (exact) mass is 421 g/mol. The smallest absolute Gasteiger partial charge is 0.115 e. The second-order valence-electron chi connectivity index (χ2n) is 9.77. The lowest BCUT2D eigenvalue weighted by Gasteiger charge is -2.63. The zero-order valence-corrected chi connectivity index (χ0v) is 19.8. The van der Waals surface area contributed by atoms with Crippen LogP contribution in [0.25, 0.3) is 0 Å². The molecule has 0 aliphatic heterocycles. The fraction of sp³-hybridized carbons (Fsp3) is 1.00. The Morgan fingerprint density at radius 1 is 0.621 bits per heavy atom. The van der Waals surface area contributed by atoms with Crippen LogP contribution in [-0.4, -0.2) is 99.3 Å². The van der Waals surface area contributed by atoms with Gasteiger partial charge in [0.15, 0.2) is 0 Å². The third-order valence-electron chi connectivity index (χ3n) is 5.16. The van der Waals surface area contributed by atoms with Gasteiger partial charge >= 0.3 is 0 Å². The number of aliphatic hydroxyl groups is 4. The van der Waals surface area contributed by atoms with Gasteiger partial charge in [-0.1, -0.05) is 0 Å². The Morgan fingerprint density at radius 2 is 0.966 bits per heavy atom. The standard InChI is InChI=1S/C20H47N5O4/c1-16(2,26)20(17(3,4)27,25(18(5,6)28)19(7,8)29)15-24-14-13-23-12-11-22-10-9-21/h22-24,26-29H,9-15,21H2,1-8H3. The van der Waals surface area contributed by atoms with Crippen LogP contribution in [0.3, 0.4) is 0 Å². The average molecular weight is 422 g/mol.